The Hall–Kier alpha value is -4.84. The highest BCUT2D eigenvalue weighted by molar-refractivity contribution is 5.94. The smallest absolute Gasteiger partial charge is 0.254 e. The Morgan fingerprint density at radius 3 is 2.29 bits per heavy atom. The zero-order valence-electron chi connectivity index (χ0n) is 24.6. The van der Waals surface area contributed by atoms with Crippen LogP contribution in [-0.4, -0.2) is 39.4 Å². The first-order valence-electron chi connectivity index (χ1n) is 14.4. The Labute approximate surface area is 247 Å². The maximum Gasteiger partial charge on any atom is 0.254 e. The van der Waals surface area contributed by atoms with Gasteiger partial charge in [0.05, 0.1) is 17.8 Å². The Bertz CT molecular complexity index is 1780. The number of carbonyl (C=O) groups is 1. The molecule has 42 heavy (non-hydrogen) atoms. The van der Waals surface area contributed by atoms with Gasteiger partial charge in [-0.05, 0) is 52.8 Å². The summed E-state index contributed by atoms with van der Waals surface area (Å²) in [5.74, 6) is 1.42. The SMILES string of the molecule is CNc1nc(-c2cnc3ccccc3c2)nc2c1CCN(C(=O)c1ccc(/C=C/c3ccc(C(C)(C)C)cc3)cc1)C2. The van der Waals surface area contributed by atoms with E-state index in [1.165, 1.54) is 5.56 Å². The van der Waals surface area contributed by atoms with E-state index < -0.39 is 0 Å². The Morgan fingerprint density at radius 2 is 1.60 bits per heavy atom. The van der Waals surface area contributed by atoms with E-state index in [4.69, 9.17) is 9.97 Å². The van der Waals surface area contributed by atoms with E-state index >= 15 is 0 Å². The minimum Gasteiger partial charge on any atom is -0.373 e. The van der Waals surface area contributed by atoms with E-state index in [9.17, 15) is 4.79 Å². The number of fused-ring (bicyclic) bond motifs is 2. The number of hydrogen-bond acceptors (Lipinski definition) is 5. The van der Waals surface area contributed by atoms with Gasteiger partial charge in [-0.1, -0.05) is 87.5 Å². The van der Waals surface area contributed by atoms with Gasteiger partial charge in [-0.3, -0.25) is 9.78 Å². The predicted molar refractivity (Wildman–Crippen MR) is 171 cm³/mol. The molecule has 5 aromatic rings. The van der Waals surface area contributed by atoms with Gasteiger partial charge in [-0.25, -0.2) is 9.97 Å². The van der Waals surface area contributed by atoms with Crippen LogP contribution in [-0.2, 0) is 18.4 Å². The number of pyridine rings is 1. The molecule has 0 aliphatic carbocycles. The van der Waals surface area contributed by atoms with Crippen molar-refractivity contribution >= 4 is 34.8 Å². The summed E-state index contributed by atoms with van der Waals surface area (Å²) in [5.41, 5.74) is 8.05. The standard InChI is InChI=1S/C36H35N5O/c1-36(2,3)29-17-13-25(14-18-29)10-9-24-11-15-26(16-12-24)35(42)41-20-19-30-32(23-41)39-33(40-34(30)37-4)28-21-27-7-5-6-8-31(27)38-22-28/h5-18,21-22H,19-20,23H2,1-4H3,(H,37,39,40)/b10-9+. The van der Waals surface area contributed by atoms with Gasteiger partial charge in [0, 0.05) is 41.9 Å². The predicted octanol–water partition coefficient (Wildman–Crippen LogP) is 7.40. The van der Waals surface area contributed by atoms with Gasteiger partial charge in [-0.15, -0.1) is 0 Å². The van der Waals surface area contributed by atoms with Crippen LogP contribution in [0.5, 0.6) is 0 Å². The lowest BCUT2D eigenvalue weighted by molar-refractivity contribution is 0.0732. The minimum atomic E-state index is 0.00694. The first-order chi connectivity index (χ1) is 20.3. The molecule has 1 aliphatic heterocycles. The van der Waals surface area contributed by atoms with Crippen LogP contribution in [0.25, 0.3) is 34.4 Å². The zero-order valence-corrected chi connectivity index (χ0v) is 24.6. The highest BCUT2D eigenvalue weighted by Crippen LogP contribution is 2.29. The Balaban J connectivity index is 1.18. The normalized spacial score (nSPS) is 13.4. The number of carbonyl (C=O) groups excluding carboxylic acids is 1. The molecular formula is C36H35N5O. The third-order valence-corrected chi connectivity index (χ3v) is 7.84. The van der Waals surface area contributed by atoms with E-state index in [0.29, 0.717) is 30.9 Å². The van der Waals surface area contributed by atoms with Crippen LogP contribution in [0.3, 0.4) is 0 Å². The van der Waals surface area contributed by atoms with E-state index in [1.54, 1.807) is 0 Å². The van der Waals surface area contributed by atoms with E-state index in [-0.39, 0.29) is 11.3 Å². The fourth-order valence-electron chi connectivity index (χ4n) is 5.34. The number of benzene rings is 3. The van der Waals surface area contributed by atoms with Crippen molar-refractivity contribution in [1.82, 2.24) is 19.9 Å². The van der Waals surface area contributed by atoms with Crippen molar-refractivity contribution in [1.29, 1.82) is 0 Å². The summed E-state index contributed by atoms with van der Waals surface area (Å²) in [6.07, 6.45) is 6.69. The molecule has 0 saturated heterocycles. The molecule has 6 nitrogen and oxygen atoms in total. The molecule has 1 N–H and O–H groups in total. The fraction of sp³-hybridized carbons (Fsp3) is 0.222. The lowest BCUT2D eigenvalue weighted by atomic mass is 9.87. The molecule has 210 valence electrons. The van der Waals surface area contributed by atoms with Crippen molar-refractivity contribution in [3.63, 3.8) is 0 Å². The molecular weight excluding hydrogens is 518 g/mol. The highest BCUT2D eigenvalue weighted by Gasteiger charge is 2.26. The molecule has 0 bridgehead atoms. The van der Waals surface area contributed by atoms with Gasteiger partial charge < -0.3 is 10.2 Å². The van der Waals surface area contributed by atoms with Crippen LogP contribution in [0.15, 0.2) is 85.1 Å². The Kier molecular flexibility index (Phi) is 7.29. The largest absolute Gasteiger partial charge is 0.373 e. The molecule has 6 heteroatoms. The summed E-state index contributed by atoms with van der Waals surface area (Å²) in [6.45, 7) is 7.71. The second-order valence-corrected chi connectivity index (χ2v) is 11.8. The van der Waals surface area contributed by atoms with Crippen LogP contribution < -0.4 is 5.32 Å². The molecule has 0 unspecified atom stereocenters. The number of anilines is 1. The molecule has 6 rings (SSSR count). The Morgan fingerprint density at radius 1 is 0.905 bits per heavy atom. The van der Waals surface area contributed by atoms with E-state index in [0.717, 1.165) is 44.7 Å². The molecule has 0 radical (unpaired) electrons. The minimum absolute atomic E-state index is 0.00694. The molecule has 2 aromatic heterocycles. The summed E-state index contributed by atoms with van der Waals surface area (Å²) in [5, 5.41) is 4.27. The maximum absolute atomic E-state index is 13.5. The van der Waals surface area contributed by atoms with Gasteiger partial charge >= 0.3 is 0 Å². The van der Waals surface area contributed by atoms with Crippen LogP contribution in [0.2, 0.25) is 0 Å². The van der Waals surface area contributed by atoms with Crippen LogP contribution in [0.1, 0.15) is 59.1 Å². The van der Waals surface area contributed by atoms with Crippen LogP contribution in [0, 0.1) is 0 Å². The van der Waals surface area contributed by atoms with E-state index in [1.807, 2.05) is 66.7 Å². The lowest BCUT2D eigenvalue weighted by Gasteiger charge is -2.29. The van der Waals surface area contributed by atoms with Crippen molar-refractivity contribution in [3.05, 3.63) is 119 Å². The van der Waals surface area contributed by atoms with Gasteiger partial charge in [0.1, 0.15) is 5.82 Å². The summed E-state index contributed by atoms with van der Waals surface area (Å²) >= 11 is 0. The number of para-hydroxylation sites is 1. The fourth-order valence-corrected chi connectivity index (χ4v) is 5.34. The summed E-state index contributed by atoms with van der Waals surface area (Å²) in [4.78, 5) is 29.7. The van der Waals surface area contributed by atoms with Gasteiger partial charge in [0.25, 0.3) is 5.91 Å². The number of amides is 1. The summed E-state index contributed by atoms with van der Waals surface area (Å²) < 4.78 is 0. The molecule has 0 spiro atoms. The maximum atomic E-state index is 13.5. The number of nitrogens with one attached hydrogen (secondary N) is 1. The first-order valence-corrected chi connectivity index (χ1v) is 14.4. The van der Waals surface area contributed by atoms with Crippen LogP contribution >= 0.6 is 0 Å². The monoisotopic (exact) mass is 553 g/mol. The average Bonchev–Trinajstić information content (AvgIpc) is 3.02. The number of nitrogens with zero attached hydrogens (tertiary/aromatic N) is 4. The number of aromatic nitrogens is 3. The van der Waals surface area contributed by atoms with Crippen molar-refractivity contribution in [3.8, 4) is 11.4 Å². The number of rotatable bonds is 5. The molecule has 1 aliphatic rings. The van der Waals surface area contributed by atoms with Gasteiger partial charge in [0.2, 0.25) is 0 Å². The second-order valence-electron chi connectivity index (χ2n) is 11.8. The molecule has 0 saturated carbocycles. The molecule has 3 heterocycles. The van der Waals surface area contributed by atoms with Gasteiger partial charge in [-0.2, -0.15) is 0 Å². The number of hydrogen-bond donors (Lipinski definition) is 1. The first kappa shape index (κ1) is 27.3. The third-order valence-electron chi connectivity index (χ3n) is 7.84. The third kappa shape index (κ3) is 5.66. The lowest BCUT2D eigenvalue weighted by Crippen LogP contribution is -2.37. The van der Waals surface area contributed by atoms with Crippen molar-refractivity contribution in [2.75, 3.05) is 18.9 Å². The van der Waals surface area contributed by atoms with Gasteiger partial charge in [0.15, 0.2) is 5.82 Å². The van der Waals surface area contributed by atoms with Crippen molar-refractivity contribution in [2.45, 2.75) is 39.2 Å². The van der Waals surface area contributed by atoms with E-state index in [2.05, 4.69) is 73.6 Å². The molecule has 3 aromatic carbocycles. The summed E-state index contributed by atoms with van der Waals surface area (Å²) in [7, 11) is 1.87. The highest BCUT2D eigenvalue weighted by atomic mass is 16.2. The summed E-state index contributed by atoms with van der Waals surface area (Å²) in [6, 6.07) is 26.5. The van der Waals surface area contributed by atoms with Crippen LogP contribution in [0.4, 0.5) is 5.82 Å². The molecule has 0 atom stereocenters. The average molecular weight is 554 g/mol. The topological polar surface area (TPSA) is 71.0 Å². The quantitative estimate of drug-likeness (QED) is 0.230. The van der Waals surface area contributed by atoms with Crippen molar-refractivity contribution in [2.24, 2.45) is 0 Å². The van der Waals surface area contributed by atoms with Crippen molar-refractivity contribution < 1.29 is 4.79 Å². The second kappa shape index (κ2) is 11.2. The molecule has 0 fully saturated rings. The molecule has 1 amide bonds. The zero-order chi connectivity index (χ0) is 29.3.